The molecule has 2 aromatic rings. The summed E-state index contributed by atoms with van der Waals surface area (Å²) in [7, 11) is 0. The van der Waals surface area contributed by atoms with Gasteiger partial charge in [-0.15, -0.1) is 0 Å². The largest absolute Gasteiger partial charge is 0.496 e. The topological polar surface area (TPSA) is 27.7 Å². The van der Waals surface area contributed by atoms with E-state index in [-0.39, 0.29) is 18.3 Å². The highest BCUT2D eigenvalue weighted by Crippen LogP contribution is 2.21. The van der Waals surface area contributed by atoms with Crippen molar-refractivity contribution in [1.29, 1.82) is 0 Å². The van der Waals surface area contributed by atoms with E-state index in [1.54, 1.807) is 6.26 Å². The molecule has 1 aliphatic heterocycles. The lowest BCUT2D eigenvalue weighted by molar-refractivity contribution is -0.125. The minimum atomic E-state index is -0.121. The second kappa shape index (κ2) is 7.95. The number of hydrogen-bond donors (Lipinski definition) is 0. The molecule has 0 saturated carbocycles. The molecule has 0 spiro atoms. The Morgan fingerprint density at radius 3 is 2.00 bits per heavy atom. The summed E-state index contributed by atoms with van der Waals surface area (Å²) in [6.07, 6.45) is 3.37. The molecule has 23 heavy (non-hydrogen) atoms. The zero-order valence-electron chi connectivity index (χ0n) is 13.3. The zero-order chi connectivity index (χ0) is 15.9. The molecule has 1 heterocycles. The van der Waals surface area contributed by atoms with E-state index < -0.39 is 0 Å². The van der Waals surface area contributed by atoms with Crippen molar-refractivity contribution in [3.05, 3.63) is 84.1 Å². The molecule has 1 aliphatic rings. The van der Waals surface area contributed by atoms with Gasteiger partial charge in [-0.1, -0.05) is 60.7 Å². The predicted octanol–water partition coefficient (Wildman–Crippen LogP) is 4.09. The van der Waals surface area contributed by atoms with Crippen LogP contribution in [0.4, 0.5) is 0 Å². The summed E-state index contributed by atoms with van der Waals surface area (Å²) in [6, 6.07) is 20.3. The van der Waals surface area contributed by atoms with Crippen LogP contribution in [0, 0.1) is 0 Å². The first kappa shape index (κ1) is 15.8. The molecule has 3 unspecified atom stereocenters. The lowest BCUT2D eigenvalue weighted by Crippen LogP contribution is -2.42. The molecular weight excluding hydrogens is 288 g/mol. The van der Waals surface area contributed by atoms with E-state index >= 15 is 0 Å². The van der Waals surface area contributed by atoms with Gasteiger partial charge in [-0.05, 0) is 24.1 Å². The molecule has 0 fully saturated rings. The highest BCUT2D eigenvalue weighted by Gasteiger charge is 2.30. The maximum Gasteiger partial charge on any atom is 0.124 e. The highest BCUT2D eigenvalue weighted by atomic mass is 16.6. The van der Waals surface area contributed by atoms with Crippen molar-refractivity contribution in [3.8, 4) is 0 Å². The van der Waals surface area contributed by atoms with Crippen LogP contribution in [0.15, 0.2) is 73.0 Å². The van der Waals surface area contributed by atoms with Gasteiger partial charge in [-0.25, -0.2) is 0 Å². The van der Waals surface area contributed by atoms with Crippen LogP contribution in [-0.2, 0) is 27.4 Å². The van der Waals surface area contributed by atoms with Crippen LogP contribution in [0.3, 0.4) is 0 Å². The fraction of sp³-hybridized carbons (Fsp3) is 0.300. The Balaban J connectivity index is 1.60. The van der Waals surface area contributed by atoms with Crippen molar-refractivity contribution in [2.75, 3.05) is 0 Å². The first-order chi connectivity index (χ1) is 11.3. The van der Waals surface area contributed by atoms with E-state index in [1.807, 2.05) is 49.4 Å². The molecule has 3 atom stereocenters. The van der Waals surface area contributed by atoms with Crippen LogP contribution in [0.5, 0.6) is 0 Å². The van der Waals surface area contributed by atoms with Crippen molar-refractivity contribution < 1.29 is 14.2 Å². The number of ether oxygens (including phenoxy) is 3. The number of hydrogen-bond acceptors (Lipinski definition) is 3. The smallest absolute Gasteiger partial charge is 0.124 e. The van der Waals surface area contributed by atoms with Crippen LogP contribution >= 0.6 is 0 Å². The third-order valence-electron chi connectivity index (χ3n) is 3.92. The summed E-state index contributed by atoms with van der Waals surface area (Å²) in [4.78, 5) is 0. The third kappa shape index (κ3) is 4.44. The molecule has 3 rings (SSSR count). The highest BCUT2D eigenvalue weighted by molar-refractivity contribution is 5.15. The average Bonchev–Trinajstić information content (AvgIpc) is 2.61. The van der Waals surface area contributed by atoms with E-state index in [4.69, 9.17) is 14.2 Å². The lowest BCUT2D eigenvalue weighted by atomic mass is 10.1. The van der Waals surface area contributed by atoms with Crippen molar-refractivity contribution >= 4 is 0 Å². The summed E-state index contributed by atoms with van der Waals surface area (Å²) in [5.74, 6) is 0. The first-order valence-electron chi connectivity index (χ1n) is 7.96. The standard InChI is InChI=1S/C20H22O3/c1-16-20(23-15-18-10-6-3-7-11-18)19(12-13-21-16)22-14-17-8-4-2-5-9-17/h2-13,16,19-20H,14-15H2,1H3. The molecule has 0 aliphatic carbocycles. The molecule has 2 aromatic carbocycles. The summed E-state index contributed by atoms with van der Waals surface area (Å²) in [5.41, 5.74) is 2.30. The molecule has 120 valence electrons. The normalized spacial score (nSPS) is 23.4. The molecule has 0 bridgehead atoms. The van der Waals surface area contributed by atoms with Crippen molar-refractivity contribution in [2.45, 2.75) is 38.4 Å². The molecule has 3 nitrogen and oxygen atoms in total. The minimum Gasteiger partial charge on any atom is -0.496 e. The van der Waals surface area contributed by atoms with Crippen molar-refractivity contribution in [1.82, 2.24) is 0 Å². The van der Waals surface area contributed by atoms with Crippen LogP contribution in [0.1, 0.15) is 18.1 Å². The Morgan fingerprint density at radius 2 is 1.39 bits per heavy atom. The Morgan fingerprint density at radius 1 is 0.826 bits per heavy atom. The van der Waals surface area contributed by atoms with Gasteiger partial charge in [0.1, 0.15) is 18.3 Å². The molecule has 3 heteroatoms. The van der Waals surface area contributed by atoms with Gasteiger partial charge in [0, 0.05) is 0 Å². The number of rotatable bonds is 6. The summed E-state index contributed by atoms with van der Waals surface area (Å²) in [6.45, 7) is 3.13. The summed E-state index contributed by atoms with van der Waals surface area (Å²) in [5, 5.41) is 0. The average molecular weight is 310 g/mol. The van der Waals surface area contributed by atoms with Crippen LogP contribution in [0.25, 0.3) is 0 Å². The van der Waals surface area contributed by atoms with E-state index in [0.29, 0.717) is 13.2 Å². The SMILES string of the molecule is CC1OC=CC(OCc2ccccc2)C1OCc1ccccc1. The minimum absolute atomic E-state index is 0.0375. The van der Waals surface area contributed by atoms with Gasteiger partial charge in [-0.2, -0.15) is 0 Å². The Hall–Kier alpha value is -2.10. The van der Waals surface area contributed by atoms with Gasteiger partial charge < -0.3 is 14.2 Å². The molecule has 0 saturated heterocycles. The van der Waals surface area contributed by atoms with Crippen LogP contribution in [0.2, 0.25) is 0 Å². The Kier molecular flexibility index (Phi) is 5.46. The van der Waals surface area contributed by atoms with E-state index in [9.17, 15) is 0 Å². The third-order valence-corrected chi connectivity index (χ3v) is 3.92. The van der Waals surface area contributed by atoms with Gasteiger partial charge >= 0.3 is 0 Å². The lowest BCUT2D eigenvalue weighted by Gasteiger charge is -2.32. The van der Waals surface area contributed by atoms with Gasteiger partial charge in [0.15, 0.2) is 0 Å². The second-order valence-electron chi connectivity index (χ2n) is 5.69. The molecule has 0 aromatic heterocycles. The summed E-state index contributed by atoms with van der Waals surface area (Å²) < 4.78 is 17.7. The van der Waals surface area contributed by atoms with Gasteiger partial charge in [0.05, 0.1) is 19.5 Å². The monoisotopic (exact) mass is 310 g/mol. The maximum atomic E-state index is 6.08. The second-order valence-corrected chi connectivity index (χ2v) is 5.69. The molecule has 0 radical (unpaired) electrons. The van der Waals surface area contributed by atoms with Gasteiger partial charge in [0.2, 0.25) is 0 Å². The van der Waals surface area contributed by atoms with E-state index in [0.717, 1.165) is 11.1 Å². The summed E-state index contributed by atoms with van der Waals surface area (Å²) >= 11 is 0. The fourth-order valence-electron chi connectivity index (χ4n) is 2.61. The molecular formula is C20H22O3. The van der Waals surface area contributed by atoms with Crippen molar-refractivity contribution in [3.63, 3.8) is 0 Å². The van der Waals surface area contributed by atoms with E-state index in [1.165, 1.54) is 0 Å². The predicted molar refractivity (Wildman–Crippen MR) is 89.7 cm³/mol. The molecule has 0 N–H and O–H groups in total. The maximum absolute atomic E-state index is 6.08. The quantitative estimate of drug-likeness (QED) is 0.804. The zero-order valence-corrected chi connectivity index (χ0v) is 13.3. The van der Waals surface area contributed by atoms with Crippen LogP contribution in [-0.4, -0.2) is 18.3 Å². The van der Waals surface area contributed by atoms with Crippen LogP contribution < -0.4 is 0 Å². The molecule has 0 amide bonds. The fourth-order valence-corrected chi connectivity index (χ4v) is 2.61. The van der Waals surface area contributed by atoms with Gasteiger partial charge in [-0.3, -0.25) is 0 Å². The first-order valence-corrected chi connectivity index (χ1v) is 7.96. The van der Waals surface area contributed by atoms with Gasteiger partial charge in [0.25, 0.3) is 0 Å². The van der Waals surface area contributed by atoms with Crippen molar-refractivity contribution in [2.24, 2.45) is 0 Å². The Labute approximate surface area is 137 Å². The van der Waals surface area contributed by atoms with E-state index in [2.05, 4.69) is 24.3 Å². The number of benzene rings is 2. The Bertz CT molecular complexity index is 609.